The van der Waals surface area contributed by atoms with E-state index in [0.717, 1.165) is 11.4 Å². The summed E-state index contributed by atoms with van der Waals surface area (Å²) in [5.41, 5.74) is 4.47. The van der Waals surface area contributed by atoms with E-state index in [-0.39, 0.29) is 5.76 Å². The van der Waals surface area contributed by atoms with Gasteiger partial charge in [-0.1, -0.05) is 40.9 Å². The molecule has 140 valence electrons. The molecule has 0 saturated carbocycles. The Hall–Kier alpha value is -2.28. The van der Waals surface area contributed by atoms with Crippen molar-refractivity contribution in [3.8, 4) is 0 Å². The number of hydrogen-bond donors (Lipinski definition) is 1. The van der Waals surface area contributed by atoms with Crippen LogP contribution in [0.2, 0.25) is 15.1 Å². The molecule has 0 aliphatic carbocycles. The minimum Gasteiger partial charge on any atom is -0.454 e. The van der Waals surface area contributed by atoms with Crippen LogP contribution in [0.25, 0.3) is 0 Å². The number of nitrogens with zero attached hydrogens (tertiary/aromatic N) is 3. The maximum Gasteiger partial charge on any atom is 0.307 e. The van der Waals surface area contributed by atoms with Crippen LogP contribution >= 0.6 is 34.8 Å². The highest BCUT2D eigenvalue weighted by Crippen LogP contribution is 2.22. The lowest BCUT2D eigenvalue weighted by Gasteiger charge is -2.02. The molecule has 0 spiro atoms. The van der Waals surface area contributed by atoms with Crippen LogP contribution in [0.15, 0.2) is 39.9 Å². The summed E-state index contributed by atoms with van der Waals surface area (Å²) in [5, 5.41) is 9.69. The molecular formula is C18H15Cl3N4O2. The van der Waals surface area contributed by atoms with Crippen molar-refractivity contribution < 1.29 is 9.21 Å². The molecule has 2 aromatic heterocycles. The molecular weight excluding hydrogens is 411 g/mol. The highest BCUT2D eigenvalue weighted by Gasteiger charge is 2.14. The van der Waals surface area contributed by atoms with E-state index in [1.165, 1.54) is 6.21 Å². The van der Waals surface area contributed by atoms with Crippen LogP contribution in [0.5, 0.6) is 0 Å². The molecule has 0 saturated heterocycles. The van der Waals surface area contributed by atoms with Crippen molar-refractivity contribution in [3.05, 3.63) is 73.9 Å². The Labute approximate surface area is 170 Å². The molecule has 0 atom stereocenters. The molecule has 1 N–H and O–H groups in total. The van der Waals surface area contributed by atoms with E-state index in [0.29, 0.717) is 32.9 Å². The second-order valence-corrected chi connectivity index (χ2v) is 6.94. The molecule has 3 aromatic rings. The van der Waals surface area contributed by atoms with Crippen molar-refractivity contribution in [2.24, 2.45) is 5.10 Å². The zero-order valence-electron chi connectivity index (χ0n) is 14.5. The number of nitrogens with one attached hydrogen (secondary N) is 1. The van der Waals surface area contributed by atoms with E-state index in [2.05, 4.69) is 15.6 Å². The van der Waals surface area contributed by atoms with E-state index < -0.39 is 5.91 Å². The van der Waals surface area contributed by atoms with Crippen LogP contribution in [0, 0.1) is 13.8 Å². The topological polar surface area (TPSA) is 72.4 Å². The molecule has 0 aliphatic heterocycles. The maximum absolute atomic E-state index is 12.2. The van der Waals surface area contributed by atoms with E-state index in [1.807, 2.05) is 13.8 Å². The summed E-state index contributed by atoms with van der Waals surface area (Å²) in [4.78, 5) is 12.2. The predicted molar refractivity (Wildman–Crippen MR) is 106 cm³/mol. The lowest BCUT2D eigenvalue weighted by molar-refractivity contribution is 0.0925. The number of hydrazone groups is 1. The van der Waals surface area contributed by atoms with Crippen molar-refractivity contribution >= 4 is 46.9 Å². The Balaban J connectivity index is 1.66. The fourth-order valence-electron chi connectivity index (χ4n) is 2.41. The second-order valence-electron chi connectivity index (χ2n) is 5.74. The van der Waals surface area contributed by atoms with Gasteiger partial charge in [-0.2, -0.15) is 10.2 Å². The molecule has 0 aliphatic rings. The van der Waals surface area contributed by atoms with Crippen molar-refractivity contribution in [1.82, 2.24) is 15.2 Å². The van der Waals surface area contributed by atoms with Gasteiger partial charge in [-0.05, 0) is 38.1 Å². The van der Waals surface area contributed by atoms with Crippen LogP contribution in [0.3, 0.4) is 0 Å². The van der Waals surface area contributed by atoms with Crippen molar-refractivity contribution in [2.45, 2.75) is 20.4 Å². The monoisotopic (exact) mass is 424 g/mol. The van der Waals surface area contributed by atoms with Gasteiger partial charge in [-0.25, -0.2) is 5.43 Å². The molecule has 1 aromatic carbocycles. The summed E-state index contributed by atoms with van der Waals surface area (Å²) in [7, 11) is 0. The minimum atomic E-state index is -0.493. The number of amides is 1. The first-order valence-corrected chi connectivity index (χ1v) is 9.06. The number of rotatable bonds is 5. The van der Waals surface area contributed by atoms with Gasteiger partial charge in [-0.15, -0.1) is 0 Å². The van der Waals surface area contributed by atoms with E-state index in [1.54, 1.807) is 35.0 Å². The number of carbonyl (C=O) groups excluding carboxylic acids is 1. The lowest BCUT2D eigenvalue weighted by atomic mass is 10.2. The van der Waals surface area contributed by atoms with Crippen LogP contribution in [-0.2, 0) is 6.54 Å². The van der Waals surface area contributed by atoms with Crippen LogP contribution in [-0.4, -0.2) is 21.9 Å². The third-order valence-corrected chi connectivity index (χ3v) is 5.05. The quantitative estimate of drug-likeness (QED) is 0.468. The van der Waals surface area contributed by atoms with Crippen molar-refractivity contribution in [1.29, 1.82) is 0 Å². The zero-order valence-corrected chi connectivity index (χ0v) is 16.7. The van der Waals surface area contributed by atoms with Crippen molar-refractivity contribution in [3.63, 3.8) is 0 Å². The number of aryl methyl sites for hydroxylation is 1. The fraction of sp³-hybridized carbons (Fsp3) is 0.167. The minimum absolute atomic E-state index is 0.125. The molecule has 0 radical (unpaired) electrons. The molecule has 1 amide bonds. The van der Waals surface area contributed by atoms with E-state index in [4.69, 9.17) is 39.2 Å². The number of hydrogen-bond acceptors (Lipinski definition) is 4. The zero-order chi connectivity index (χ0) is 19.6. The third kappa shape index (κ3) is 4.35. The van der Waals surface area contributed by atoms with Crippen LogP contribution in [0.1, 0.15) is 33.3 Å². The second kappa shape index (κ2) is 8.17. The molecule has 0 bridgehead atoms. The standard InChI is InChI=1S/C18H15Cl3N4O2/c1-10-17(21)11(2)25(24-10)9-12-6-7-16(27-12)18(26)23-22-8-13-14(19)4-3-5-15(13)20/h3-8H,9H2,1-2H3,(H,23,26)/b22-8+. The lowest BCUT2D eigenvalue weighted by Crippen LogP contribution is -2.16. The molecule has 2 heterocycles. The van der Waals surface area contributed by atoms with E-state index in [9.17, 15) is 4.79 Å². The summed E-state index contributed by atoms with van der Waals surface area (Å²) >= 11 is 18.2. The third-order valence-electron chi connectivity index (χ3n) is 3.84. The summed E-state index contributed by atoms with van der Waals surface area (Å²) in [6.07, 6.45) is 1.38. The summed E-state index contributed by atoms with van der Waals surface area (Å²) in [5.74, 6) is 0.202. The van der Waals surface area contributed by atoms with Crippen LogP contribution in [0.4, 0.5) is 0 Å². The first kappa shape index (κ1) is 19.5. The van der Waals surface area contributed by atoms with Gasteiger partial charge in [0.05, 0.1) is 39.2 Å². The number of furan rings is 1. The largest absolute Gasteiger partial charge is 0.454 e. The number of aromatic nitrogens is 2. The Morgan fingerprint density at radius 2 is 1.93 bits per heavy atom. The number of benzene rings is 1. The Morgan fingerprint density at radius 3 is 2.56 bits per heavy atom. The molecule has 9 heteroatoms. The number of carbonyl (C=O) groups is 1. The average Bonchev–Trinajstić information content (AvgIpc) is 3.19. The first-order valence-electron chi connectivity index (χ1n) is 7.92. The normalized spacial score (nSPS) is 11.3. The van der Waals surface area contributed by atoms with Crippen LogP contribution < -0.4 is 5.43 Å². The predicted octanol–water partition coefficient (Wildman–Crippen LogP) is 4.87. The highest BCUT2D eigenvalue weighted by atomic mass is 35.5. The summed E-state index contributed by atoms with van der Waals surface area (Å²) < 4.78 is 7.28. The van der Waals surface area contributed by atoms with Gasteiger partial charge in [0.1, 0.15) is 5.76 Å². The first-order chi connectivity index (χ1) is 12.9. The fourth-order valence-corrected chi connectivity index (χ4v) is 3.04. The van der Waals surface area contributed by atoms with Crippen molar-refractivity contribution in [2.75, 3.05) is 0 Å². The Bertz CT molecular complexity index is 1000. The molecule has 27 heavy (non-hydrogen) atoms. The molecule has 3 rings (SSSR count). The highest BCUT2D eigenvalue weighted by molar-refractivity contribution is 6.38. The van der Waals surface area contributed by atoms with Gasteiger partial charge in [0.15, 0.2) is 5.76 Å². The molecule has 0 fully saturated rings. The maximum atomic E-state index is 12.2. The van der Waals surface area contributed by atoms with E-state index >= 15 is 0 Å². The van der Waals surface area contributed by atoms with Gasteiger partial charge < -0.3 is 4.42 Å². The summed E-state index contributed by atoms with van der Waals surface area (Å²) in [6, 6.07) is 8.35. The molecule has 6 nitrogen and oxygen atoms in total. The number of halogens is 3. The Morgan fingerprint density at radius 1 is 1.22 bits per heavy atom. The SMILES string of the molecule is Cc1nn(Cc2ccc(C(=O)N/N=C/c3c(Cl)cccc3Cl)o2)c(C)c1Cl. The van der Waals surface area contributed by atoms with Gasteiger partial charge in [0.2, 0.25) is 0 Å². The Kier molecular flexibility index (Phi) is 5.89. The van der Waals surface area contributed by atoms with Gasteiger partial charge in [0.25, 0.3) is 0 Å². The average molecular weight is 426 g/mol. The summed E-state index contributed by atoms with van der Waals surface area (Å²) in [6.45, 7) is 4.06. The van der Waals surface area contributed by atoms with Gasteiger partial charge in [-0.3, -0.25) is 9.48 Å². The van der Waals surface area contributed by atoms with Gasteiger partial charge >= 0.3 is 5.91 Å². The smallest absolute Gasteiger partial charge is 0.307 e. The molecule has 0 unspecified atom stereocenters. The van der Waals surface area contributed by atoms with Gasteiger partial charge in [0, 0.05) is 5.56 Å².